The van der Waals surface area contributed by atoms with Gasteiger partial charge in [-0.05, 0) is 37.1 Å². The highest BCUT2D eigenvalue weighted by Crippen LogP contribution is 2.18. The molecule has 0 bridgehead atoms. The van der Waals surface area contributed by atoms with Crippen LogP contribution in [0, 0.1) is 0 Å². The van der Waals surface area contributed by atoms with Crippen LogP contribution in [0.5, 0.6) is 0 Å². The fourth-order valence-corrected chi connectivity index (χ4v) is 2.37. The summed E-state index contributed by atoms with van der Waals surface area (Å²) in [6, 6.07) is 4.94. The summed E-state index contributed by atoms with van der Waals surface area (Å²) in [6.07, 6.45) is -3.10. The van der Waals surface area contributed by atoms with Gasteiger partial charge in [0.15, 0.2) is 0 Å². The molecule has 140 valence electrons. The number of aryl methyl sites for hydroxylation is 1. The number of esters is 2. The van der Waals surface area contributed by atoms with Crippen molar-refractivity contribution in [2.45, 2.75) is 19.0 Å². The van der Waals surface area contributed by atoms with Crippen LogP contribution in [0.3, 0.4) is 0 Å². The molecule has 0 aliphatic heterocycles. The van der Waals surface area contributed by atoms with E-state index in [-0.39, 0.29) is 5.39 Å². The number of carbonyl (C=O) groups is 2. The Morgan fingerprint density at radius 2 is 2.00 bits per heavy atom. The summed E-state index contributed by atoms with van der Waals surface area (Å²) in [4.78, 5) is 35.3. The van der Waals surface area contributed by atoms with Crippen molar-refractivity contribution in [2.75, 3.05) is 19.0 Å². The van der Waals surface area contributed by atoms with Crippen LogP contribution in [0.15, 0.2) is 29.2 Å². The molecule has 2 aromatic rings. The molecular formula is C16H16F3N3O4. The van der Waals surface area contributed by atoms with Crippen LogP contribution >= 0.6 is 0 Å². The van der Waals surface area contributed by atoms with Gasteiger partial charge in [0, 0.05) is 18.6 Å². The minimum atomic E-state index is -5.34. The third kappa shape index (κ3) is 4.02. The smallest absolute Gasteiger partial charge is 0.382 e. The number of benzene rings is 1. The maximum absolute atomic E-state index is 12.5. The zero-order valence-corrected chi connectivity index (χ0v) is 13.7. The second-order valence-corrected chi connectivity index (χ2v) is 5.38. The average molecular weight is 371 g/mol. The van der Waals surface area contributed by atoms with Crippen LogP contribution in [-0.2, 0) is 16.0 Å². The number of carbonyl (C=O) groups excluding carboxylic acids is 2. The lowest BCUT2D eigenvalue weighted by Crippen LogP contribution is -2.31. The predicted molar refractivity (Wildman–Crippen MR) is 87.3 cm³/mol. The molecule has 1 heterocycles. The van der Waals surface area contributed by atoms with Crippen molar-refractivity contribution in [1.29, 1.82) is 0 Å². The van der Waals surface area contributed by atoms with Gasteiger partial charge >= 0.3 is 18.1 Å². The third-order valence-electron chi connectivity index (χ3n) is 3.62. The number of nitrogens with one attached hydrogen (secondary N) is 1. The zero-order chi connectivity index (χ0) is 19.5. The van der Waals surface area contributed by atoms with Gasteiger partial charge in [-0.25, -0.2) is 9.59 Å². The maximum Gasteiger partial charge on any atom is 0.491 e. The van der Waals surface area contributed by atoms with E-state index in [2.05, 4.69) is 10.2 Å². The molecule has 10 heteroatoms. The van der Waals surface area contributed by atoms with E-state index in [4.69, 9.17) is 5.73 Å². The quantitative estimate of drug-likeness (QED) is 0.607. The van der Waals surface area contributed by atoms with E-state index < -0.39 is 29.1 Å². The Hall–Kier alpha value is -2.88. The molecule has 26 heavy (non-hydrogen) atoms. The van der Waals surface area contributed by atoms with Crippen molar-refractivity contribution in [3.05, 3.63) is 45.7 Å². The van der Waals surface area contributed by atoms with Crippen molar-refractivity contribution in [3.8, 4) is 0 Å². The number of hydrogen-bond acceptors (Lipinski definition) is 6. The van der Waals surface area contributed by atoms with E-state index >= 15 is 0 Å². The number of nitrogens with zero attached hydrogens (tertiary/aromatic N) is 1. The van der Waals surface area contributed by atoms with Gasteiger partial charge in [0.05, 0.1) is 5.52 Å². The molecule has 3 N–H and O–H groups in total. The van der Waals surface area contributed by atoms with Crippen LogP contribution in [0.25, 0.3) is 10.9 Å². The summed E-state index contributed by atoms with van der Waals surface area (Å²) >= 11 is 0. The Labute approximate surface area is 145 Å². The number of alkyl halides is 3. The van der Waals surface area contributed by atoms with Crippen molar-refractivity contribution in [2.24, 2.45) is 5.73 Å². The fourth-order valence-electron chi connectivity index (χ4n) is 2.37. The van der Waals surface area contributed by atoms with Crippen LogP contribution in [-0.4, -0.2) is 36.4 Å². The van der Waals surface area contributed by atoms with Crippen molar-refractivity contribution < 1.29 is 27.5 Å². The normalized spacial score (nSPS) is 11.4. The van der Waals surface area contributed by atoms with Crippen LogP contribution in [0.2, 0.25) is 0 Å². The van der Waals surface area contributed by atoms with Gasteiger partial charge in [-0.3, -0.25) is 9.47 Å². The molecule has 0 amide bonds. The molecule has 0 unspecified atom stereocenters. The standard InChI is InChI=1S/C16H16F3N3O4/c1-21-22-8-11(14(24)26-15(25)16(17,18)19)13(23)10-7-9(3-2-6-20)4-5-12(10)22/h4-5,7-8,21H,2-3,6,20H2,1H3. The molecule has 7 nitrogen and oxygen atoms in total. The maximum atomic E-state index is 12.5. The Morgan fingerprint density at radius 3 is 2.58 bits per heavy atom. The number of fused-ring (bicyclic) bond motifs is 1. The Balaban J connectivity index is 2.53. The van der Waals surface area contributed by atoms with Gasteiger partial charge < -0.3 is 15.9 Å². The number of ether oxygens (including phenoxy) is 1. The predicted octanol–water partition coefficient (Wildman–Crippen LogP) is 1.31. The van der Waals surface area contributed by atoms with Gasteiger partial charge in [-0.2, -0.15) is 13.2 Å². The highest BCUT2D eigenvalue weighted by molar-refractivity contribution is 6.00. The fraction of sp³-hybridized carbons (Fsp3) is 0.312. The summed E-state index contributed by atoms with van der Waals surface area (Å²) in [5, 5.41) is 0.0998. The molecule has 0 aliphatic rings. The molecule has 0 aliphatic carbocycles. The molecule has 0 saturated heterocycles. The van der Waals surface area contributed by atoms with E-state index in [9.17, 15) is 27.6 Å². The SMILES string of the molecule is CNn1cc(C(=O)OC(=O)C(F)(F)F)c(=O)c2cc(CCCN)ccc21. The number of hydrogen-bond donors (Lipinski definition) is 2. The number of rotatable bonds is 5. The van der Waals surface area contributed by atoms with Crippen molar-refractivity contribution in [3.63, 3.8) is 0 Å². The Kier molecular flexibility index (Phi) is 5.66. The van der Waals surface area contributed by atoms with E-state index in [0.29, 0.717) is 24.9 Å². The summed E-state index contributed by atoms with van der Waals surface area (Å²) in [6.45, 7) is 0.449. The molecule has 0 fully saturated rings. The highest BCUT2D eigenvalue weighted by atomic mass is 19.4. The minimum Gasteiger partial charge on any atom is -0.382 e. The topological polar surface area (TPSA) is 103 Å². The summed E-state index contributed by atoms with van der Waals surface area (Å²) in [5.74, 6) is -4.36. The van der Waals surface area contributed by atoms with Gasteiger partial charge in [0.2, 0.25) is 5.43 Å². The Bertz CT molecular complexity index is 906. The van der Waals surface area contributed by atoms with E-state index in [1.165, 1.54) is 17.8 Å². The summed E-state index contributed by atoms with van der Waals surface area (Å²) < 4.78 is 41.8. The first-order valence-electron chi connectivity index (χ1n) is 7.58. The average Bonchev–Trinajstić information content (AvgIpc) is 2.59. The first kappa shape index (κ1) is 19.4. The number of halogens is 3. The molecule has 2 rings (SSSR count). The second kappa shape index (κ2) is 7.56. The summed E-state index contributed by atoms with van der Waals surface area (Å²) in [7, 11) is 1.49. The first-order chi connectivity index (χ1) is 12.2. The Morgan fingerprint density at radius 1 is 1.31 bits per heavy atom. The number of nitrogens with two attached hydrogens (primary N) is 1. The van der Waals surface area contributed by atoms with E-state index in [1.807, 2.05) is 0 Å². The largest absolute Gasteiger partial charge is 0.491 e. The number of pyridine rings is 1. The van der Waals surface area contributed by atoms with Gasteiger partial charge in [-0.1, -0.05) is 6.07 Å². The highest BCUT2D eigenvalue weighted by Gasteiger charge is 2.43. The molecule has 0 atom stereocenters. The van der Waals surface area contributed by atoms with Crippen LogP contribution in [0.1, 0.15) is 22.3 Å². The van der Waals surface area contributed by atoms with Gasteiger partial charge in [0.25, 0.3) is 0 Å². The molecule has 0 spiro atoms. The van der Waals surface area contributed by atoms with Gasteiger partial charge in [-0.15, -0.1) is 0 Å². The lowest BCUT2D eigenvalue weighted by molar-refractivity contribution is -0.193. The van der Waals surface area contributed by atoms with E-state index in [1.54, 1.807) is 12.1 Å². The number of aromatic nitrogens is 1. The molecule has 1 aromatic heterocycles. The lowest BCUT2D eigenvalue weighted by atomic mass is 10.0. The first-order valence-corrected chi connectivity index (χ1v) is 7.58. The monoisotopic (exact) mass is 371 g/mol. The zero-order valence-electron chi connectivity index (χ0n) is 13.7. The molecular weight excluding hydrogens is 355 g/mol. The minimum absolute atomic E-state index is 0.0998. The third-order valence-corrected chi connectivity index (χ3v) is 3.62. The van der Waals surface area contributed by atoms with Gasteiger partial charge in [0.1, 0.15) is 5.56 Å². The van der Waals surface area contributed by atoms with Crippen LogP contribution < -0.4 is 16.6 Å². The lowest BCUT2D eigenvalue weighted by Gasteiger charge is -2.13. The molecule has 0 saturated carbocycles. The van der Waals surface area contributed by atoms with Crippen molar-refractivity contribution in [1.82, 2.24) is 4.68 Å². The van der Waals surface area contributed by atoms with Crippen molar-refractivity contribution >= 4 is 22.8 Å². The van der Waals surface area contributed by atoms with E-state index in [0.717, 1.165) is 11.8 Å². The van der Waals surface area contributed by atoms with Crippen LogP contribution in [0.4, 0.5) is 13.2 Å². The molecule has 0 radical (unpaired) electrons. The summed E-state index contributed by atoms with van der Waals surface area (Å²) in [5.41, 5.74) is 7.79. The molecule has 1 aromatic carbocycles. The second-order valence-electron chi connectivity index (χ2n) is 5.38.